The van der Waals surface area contributed by atoms with Crippen LogP contribution < -0.4 is 20.9 Å². The van der Waals surface area contributed by atoms with E-state index < -0.39 is 0 Å². The Morgan fingerprint density at radius 2 is 1.78 bits per heavy atom. The lowest BCUT2D eigenvalue weighted by Gasteiger charge is -2.36. The van der Waals surface area contributed by atoms with Gasteiger partial charge in [-0.2, -0.15) is 25.5 Å². The zero-order chi connectivity index (χ0) is 34.4. The summed E-state index contributed by atoms with van der Waals surface area (Å²) in [6, 6.07) is 15.8. The van der Waals surface area contributed by atoms with Crippen LogP contribution in [0, 0.1) is 16.7 Å². The zero-order valence-corrected chi connectivity index (χ0v) is 28.4. The summed E-state index contributed by atoms with van der Waals surface area (Å²) in [7, 11) is 1.88. The molecule has 1 aliphatic carbocycles. The van der Waals surface area contributed by atoms with E-state index in [1.807, 2.05) is 55.7 Å². The van der Waals surface area contributed by atoms with Gasteiger partial charge in [0.15, 0.2) is 0 Å². The summed E-state index contributed by atoms with van der Waals surface area (Å²) in [5.74, 6) is 1.52. The lowest BCUT2D eigenvalue weighted by atomic mass is 9.87. The Bertz CT molecular complexity index is 1860. The fourth-order valence-corrected chi connectivity index (χ4v) is 6.01. The van der Waals surface area contributed by atoms with E-state index in [4.69, 9.17) is 4.98 Å². The molecule has 13 heteroatoms. The second-order valence-electron chi connectivity index (χ2n) is 13.5. The SMILES string of the molecule is Cn1cc(-c2ccc(N(C(=O)NCc3ccccc3)C3CCC(Nc4ncc(C#N)c(NCC5=NN=C(C(C)(C)C)C5)n4)CC3)nc2)cn1. The standard InChI is InChI=1S/C36H42N12O/c1-36(2,3)31-16-29(45-46-31)22-39-33-26(17-37)20-40-34(44-33)43-28-11-13-30(14-12-28)48(35(49)41-18-24-8-6-5-7-9-24)32-15-10-25(19-38-32)27-21-42-47(4)23-27/h5-10,15,19-21,23,28,30H,11-14,16,18,22H2,1-4H3,(H,41,49)(H2,39,40,43,44). The Hall–Kier alpha value is -5.64. The van der Waals surface area contributed by atoms with Crippen molar-refractivity contribution in [3.8, 4) is 17.2 Å². The molecule has 0 saturated heterocycles. The number of hydrogen-bond acceptors (Lipinski definition) is 10. The number of amides is 2. The molecule has 1 fully saturated rings. The van der Waals surface area contributed by atoms with Crippen LogP contribution in [0.4, 0.5) is 22.4 Å². The van der Waals surface area contributed by atoms with Crippen LogP contribution in [0.5, 0.6) is 0 Å². The van der Waals surface area contributed by atoms with Crippen LogP contribution >= 0.6 is 0 Å². The number of anilines is 3. The van der Waals surface area contributed by atoms with Gasteiger partial charge in [-0.25, -0.2) is 14.8 Å². The summed E-state index contributed by atoms with van der Waals surface area (Å²) in [5, 5.41) is 32.5. The summed E-state index contributed by atoms with van der Waals surface area (Å²) in [4.78, 5) is 29.3. The highest BCUT2D eigenvalue weighted by molar-refractivity contribution is 6.10. The number of aromatic nitrogens is 5. The van der Waals surface area contributed by atoms with Gasteiger partial charge in [0.2, 0.25) is 5.95 Å². The number of benzene rings is 1. The van der Waals surface area contributed by atoms with E-state index in [9.17, 15) is 10.1 Å². The number of nitrogens with one attached hydrogen (secondary N) is 3. The maximum Gasteiger partial charge on any atom is 0.323 e. The van der Waals surface area contributed by atoms with Crippen molar-refractivity contribution in [2.45, 2.75) is 71.5 Å². The first-order valence-corrected chi connectivity index (χ1v) is 16.6. The third kappa shape index (κ3) is 8.27. The fraction of sp³-hybridized carbons (Fsp3) is 0.389. The smallest absolute Gasteiger partial charge is 0.323 e. The highest BCUT2D eigenvalue weighted by atomic mass is 16.2. The summed E-state index contributed by atoms with van der Waals surface area (Å²) in [6.45, 7) is 7.23. The zero-order valence-electron chi connectivity index (χ0n) is 28.4. The normalized spacial score (nSPS) is 17.4. The number of aryl methyl sites for hydroxylation is 1. The number of rotatable bonds is 10. The molecule has 3 N–H and O–H groups in total. The molecule has 1 aromatic carbocycles. The lowest BCUT2D eigenvalue weighted by Crippen LogP contribution is -2.49. The van der Waals surface area contributed by atoms with E-state index in [1.54, 1.807) is 22.0 Å². The molecule has 4 aromatic rings. The average molecular weight is 659 g/mol. The Morgan fingerprint density at radius 3 is 2.43 bits per heavy atom. The molecule has 0 spiro atoms. The quantitative estimate of drug-likeness (QED) is 0.189. The molecule has 0 atom stereocenters. The molecule has 2 amide bonds. The summed E-state index contributed by atoms with van der Waals surface area (Å²) >= 11 is 0. The van der Waals surface area contributed by atoms with Gasteiger partial charge < -0.3 is 16.0 Å². The topological polar surface area (TPSA) is 161 Å². The monoisotopic (exact) mass is 658 g/mol. The molecule has 2 aliphatic rings. The molecule has 4 heterocycles. The van der Waals surface area contributed by atoms with E-state index in [2.05, 4.69) is 68.1 Å². The van der Waals surface area contributed by atoms with E-state index in [0.29, 0.717) is 42.7 Å². The lowest BCUT2D eigenvalue weighted by molar-refractivity contribution is 0.240. The van der Waals surface area contributed by atoms with Crippen molar-refractivity contribution in [3.63, 3.8) is 0 Å². The van der Waals surface area contributed by atoms with Gasteiger partial charge in [0.25, 0.3) is 0 Å². The number of carbonyl (C=O) groups is 1. The molecule has 3 aromatic heterocycles. The van der Waals surface area contributed by atoms with Crippen molar-refractivity contribution < 1.29 is 4.79 Å². The predicted octanol–water partition coefficient (Wildman–Crippen LogP) is 5.94. The number of pyridine rings is 1. The minimum absolute atomic E-state index is 0.0432. The molecule has 6 rings (SSSR count). The summed E-state index contributed by atoms with van der Waals surface area (Å²) in [6.07, 6.45) is 10.9. The number of nitriles is 1. The fourth-order valence-electron chi connectivity index (χ4n) is 6.01. The Kier molecular flexibility index (Phi) is 9.94. The largest absolute Gasteiger partial charge is 0.363 e. The third-order valence-electron chi connectivity index (χ3n) is 8.85. The molecule has 49 heavy (non-hydrogen) atoms. The van der Waals surface area contributed by atoms with Crippen molar-refractivity contribution in [1.29, 1.82) is 5.26 Å². The molecular formula is C36H42N12O. The minimum Gasteiger partial charge on any atom is -0.363 e. The molecule has 0 radical (unpaired) electrons. The van der Waals surface area contributed by atoms with Crippen molar-refractivity contribution in [2.75, 3.05) is 22.1 Å². The van der Waals surface area contributed by atoms with Gasteiger partial charge in [-0.05, 0) is 43.4 Å². The van der Waals surface area contributed by atoms with Crippen LogP contribution in [0.15, 0.2) is 77.5 Å². The molecule has 252 valence electrons. The molecule has 0 bridgehead atoms. The maximum atomic E-state index is 13.7. The number of urea groups is 1. The first-order valence-electron chi connectivity index (χ1n) is 16.6. The molecular weight excluding hydrogens is 616 g/mol. The number of carbonyl (C=O) groups excluding carboxylic acids is 1. The van der Waals surface area contributed by atoms with Crippen LogP contribution in [-0.2, 0) is 13.6 Å². The number of hydrogen-bond donors (Lipinski definition) is 3. The van der Waals surface area contributed by atoms with Gasteiger partial charge in [-0.3, -0.25) is 9.58 Å². The van der Waals surface area contributed by atoms with E-state index in [1.165, 1.54) is 6.20 Å². The van der Waals surface area contributed by atoms with E-state index >= 15 is 0 Å². The highest BCUT2D eigenvalue weighted by Gasteiger charge is 2.31. The van der Waals surface area contributed by atoms with Crippen LogP contribution in [-0.4, -0.2) is 60.8 Å². The first kappa shape index (κ1) is 33.3. The van der Waals surface area contributed by atoms with Crippen molar-refractivity contribution >= 4 is 35.0 Å². The summed E-state index contributed by atoms with van der Waals surface area (Å²) in [5.41, 5.74) is 5.19. The van der Waals surface area contributed by atoms with Crippen molar-refractivity contribution in [2.24, 2.45) is 22.7 Å². The van der Waals surface area contributed by atoms with Crippen LogP contribution in [0.1, 0.15) is 64.0 Å². The Balaban J connectivity index is 1.10. The second kappa shape index (κ2) is 14.6. The van der Waals surface area contributed by atoms with Crippen molar-refractivity contribution in [1.82, 2.24) is 30.0 Å². The molecule has 1 aliphatic heterocycles. The van der Waals surface area contributed by atoms with Crippen LogP contribution in [0.2, 0.25) is 0 Å². The molecule has 1 saturated carbocycles. The van der Waals surface area contributed by atoms with Gasteiger partial charge in [-0.1, -0.05) is 51.1 Å². The Labute approximate surface area is 286 Å². The van der Waals surface area contributed by atoms with E-state index in [-0.39, 0.29) is 23.5 Å². The minimum atomic E-state index is -0.181. The summed E-state index contributed by atoms with van der Waals surface area (Å²) < 4.78 is 1.75. The van der Waals surface area contributed by atoms with Gasteiger partial charge in [0.05, 0.1) is 30.4 Å². The third-order valence-corrected chi connectivity index (χ3v) is 8.85. The molecule has 0 unspecified atom stereocenters. The van der Waals surface area contributed by atoms with Crippen molar-refractivity contribution in [3.05, 3.63) is 78.4 Å². The van der Waals surface area contributed by atoms with Gasteiger partial charge in [0.1, 0.15) is 23.3 Å². The van der Waals surface area contributed by atoms with Gasteiger partial charge in [-0.15, -0.1) is 0 Å². The maximum absolute atomic E-state index is 13.7. The first-order chi connectivity index (χ1) is 23.7. The highest BCUT2D eigenvalue weighted by Crippen LogP contribution is 2.30. The van der Waals surface area contributed by atoms with E-state index in [0.717, 1.165) is 53.8 Å². The van der Waals surface area contributed by atoms with Crippen LogP contribution in [0.25, 0.3) is 11.1 Å². The van der Waals surface area contributed by atoms with Gasteiger partial charge >= 0.3 is 6.03 Å². The predicted molar refractivity (Wildman–Crippen MR) is 191 cm³/mol. The Morgan fingerprint density at radius 1 is 0.980 bits per heavy atom. The second-order valence-corrected chi connectivity index (χ2v) is 13.5. The number of nitrogens with zero attached hydrogens (tertiary/aromatic N) is 9. The molecule has 13 nitrogen and oxygen atoms in total. The van der Waals surface area contributed by atoms with Crippen LogP contribution in [0.3, 0.4) is 0 Å². The average Bonchev–Trinajstić information content (AvgIpc) is 3.78. The van der Waals surface area contributed by atoms with Gasteiger partial charge in [0, 0.05) is 61.0 Å².